The van der Waals surface area contributed by atoms with E-state index in [4.69, 9.17) is 0 Å². The van der Waals surface area contributed by atoms with Gasteiger partial charge in [0.15, 0.2) is 0 Å². The van der Waals surface area contributed by atoms with Crippen LogP contribution in [-0.4, -0.2) is 5.75 Å². The second kappa shape index (κ2) is 24.0. The zero-order chi connectivity index (χ0) is 18.3. The minimum Gasteiger partial charge on any atom is -0.0654 e. The Hall–Kier alpha value is 0.0200. The lowest BCUT2D eigenvalue weighted by Crippen LogP contribution is -1.85. The molecule has 0 aromatic heterocycles. The van der Waals surface area contributed by atoms with Crippen molar-refractivity contribution in [2.75, 3.05) is 5.75 Å². The van der Waals surface area contributed by atoms with Gasteiger partial charge in [-0.25, -0.2) is 0 Å². The van der Waals surface area contributed by atoms with E-state index in [1.54, 1.807) is 0 Å². The fourth-order valence-corrected chi connectivity index (χ4v) is 3.91. The molecule has 0 radical (unpaired) electrons. The van der Waals surface area contributed by atoms with Gasteiger partial charge in [0.2, 0.25) is 5.75 Å². The molecule has 0 saturated heterocycles. The smallest absolute Gasteiger partial charge is 0.0654 e. The summed E-state index contributed by atoms with van der Waals surface area (Å²) in [5.74, 6) is 0.805. The van der Waals surface area contributed by atoms with E-state index in [9.17, 15) is 4.21 Å². The summed E-state index contributed by atoms with van der Waals surface area (Å²) in [5, 5.41) is 0. The van der Waals surface area contributed by atoms with Crippen LogP contribution < -0.4 is 0 Å². The van der Waals surface area contributed by atoms with E-state index in [0.717, 1.165) is 23.8 Å². The minimum atomic E-state index is 0.742. The van der Waals surface area contributed by atoms with Crippen LogP contribution in [0.5, 0.6) is 0 Å². The van der Waals surface area contributed by atoms with Crippen LogP contribution in [0.1, 0.15) is 142 Å². The molecule has 1 nitrogen and oxygen atoms in total. The van der Waals surface area contributed by atoms with Gasteiger partial charge >= 0.3 is 11.7 Å². The first-order valence-electron chi connectivity index (χ1n) is 11.7. The van der Waals surface area contributed by atoms with Crippen molar-refractivity contribution in [2.45, 2.75) is 142 Å². The Morgan fingerprint density at radius 3 is 0.880 bits per heavy atom. The van der Waals surface area contributed by atoms with Gasteiger partial charge in [0.25, 0.3) is 0 Å². The molecule has 0 heterocycles. The van der Waals surface area contributed by atoms with Crippen LogP contribution in [0.15, 0.2) is 0 Å². The van der Waals surface area contributed by atoms with Gasteiger partial charge in [-0.3, -0.25) is 0 Å². The van der Waals surface area contributed by atoms with Crippen LogP contribution in [0, 0.1) is 0 Å². The van der Waals surface area contributed by atoms with Gasteiger partial charge in [-0.05, 0) is 6.42 Å². The maximum Gasteiger partial charge on any atom is 0.458 e. The van der Waals surface area contributed by atoms with E-state index < -0.39 is 0 Å². The summed E-state index contributed by atoms with van der Waals surface area (Å²) in [6.07, 6.45) is 29.7. The molecule has 0 unspecified atom stereocenters. The topological polar surface area (TPSA) is 17.1 Å². The molecule has 0 aliphatic carbocycles. The van der Waals surface area contributed by atoms with E-state index in [-0.39, 0.29) is 0 Å². The van der Waals surface area contributed by atoms with Crippen LogP contribution in [0.25, 0.3) is 0 Å². The highest BCUT2D eigenvalue weighted by atomic mass is 32.1. The van der Waals surface area contributed by atoms with E-state index in [0.29, 0.717) is 0 Å². The summed E-state index contributed by atoms with van der Waals surface area (Å²) in [4.78, 5) is 0. The van der Waals surface area contributed by atoms with Crippen molar-refractivity contribution in [1.29, 1.82) is 0 Å². The maximum absolute atomic E-state index is 10.2. The third-order valence-corrected chi connectivity index (χ3v) is 5.79. The van der Waals surface area contributed by atoms with E-state index in [1.807, 2.05) is 0 Å². The second-order valence-electron chi connectivity index (χ2n) is 7.89. The fourth-order valence-electron chi connectivity index (χ4n) is 3.59. The van der Waals surface area contributed by atoms with Gasteiger partial charge in [0.05, 0.1) is 0 Å². The molecule has 0 saturated carbocycles. The molecule has 0 aromatic rings. The molecular weight excluding hydrogens is 324 g/mol. The largest absolute Gasteiger partial charge is 0.458 e. The van der Waals surface area contributed by atoms with Crippen molar-refractivity contribution < 1.29 is 4.21 Å². The predicted octanol–water partition coefficient (Wildman–Crippen LogP) is 8.63. The Labute approximate surface area is 163 Å². The summed E-state index contributed by atoms with van der Waals surface area (Å²) in [6.45, 7) is 2.29. The number of rotatable bonds is 22. The quantitative estimate of drug-likeness (QED) is 0.137. The maximum atomic E-state index is 10.2. The molecule has 0 fully saturated rings. The van der Waals surface area contributed by atoms with Crippen molar-refractivity contribution in [3.05, 3.63) is 0 Å². The molecule has 150 valence electrons. The lowest BCUT2D eigenvalue weighted by molar-refractivity contribution is 0.521. The Kier molecular flexibility index (Phi) is 24.0. The van der Waals surface area contributed by atoms with Gasteiger partial charge in [-0.15, -0.1) is 0 Å². The zero-order valence-corrected chi connectivity index (χ0v) is 18.2. The lowest BCUT2D eigenvalue weighted by Gasteiger charge is -2.04. The van der Waals surface area contributed by atoms with Crippen LogP contribution in [0.2, 0.25) is 0 Å². The average Bonchev–Trinajstić information content (AvgIpc) is 2.63. The Bertz CT molecular complexity index is 242. The number of unbranched alkanes of at least 4 members (excludes halogenated alkanes) is 20. The van der Waals surface area contributed by atoms with Gasteiger partial charge in [0.1, 0.15) is 0 Å². The van der Waals surface area contributed by atoms with Crippen LogP contribution in [0.3, 0.4) is 0 Å². The fraction of sp³-hybridized carbons (Fsp3) is 1.00. The first kappa shape index (κ1) is 25.0. The monoisotopic (exact) mass is 371 g/mol. The number of hydrogen-bond donors (Lipinski definition) is 0. The molecule has 2 heteroatoms. The molecule has 25 heavy (non-hydrogen) atoms. The third-order valence-electron chi connectivity index (χ3n) is 5.33. The normalized spacial score (nSPS) is 11.1. The standard InChI is InChI=1S/C23H47OS/c1-2-3-4-5-6-7-8-9-10-11-12-13-14-15-16-17-18-19-20-21-22-23-25-24/h2-23H2,1H3/q+1. The molecule has 0 aliphatic heterocycles. The molecule has 0 aliphatic rings. The molecule has 0 N–H and O–H groups in total. The van der Waals surface area contributed by atoms with Crippen LogP contribution in [-0.2, 0) is 15.9 Å². The summed E-state index contributed by atoms with van der Waals surface area (Å²) < 4.78 is 10.2. The molecule has 0 spiro atoms. The Morgan fingerprint density at radius 2 is 0.640 bits per heavy atom. The van der Waals surface area contributed by atoms with Crippen molar-refractivity contribution in [3.63, 3.8) is 0 Å². The van der Waals surface area contributed by atoms with Crippen LogP contribution >= 0.6 is 0 Å². The first-order chi connectivity index (χ1) is 12.4. The summed E-state index contributed by atoms with van der Waals surface area (Å²) in [5.41, 5.74) is 0. The van der Waals surface area contributed by atoms with Crippen molar-refractivity contribution >= 4 is 11.7 Å². The minimum absolute atomic E-state index is 0.742. The molecule has 0 atom stereocenters. The summed E-state index contributed by atoms with van der Waals surface area (Å²) in [7, 11) is 0. The van der Waals surface area contributed by atoms with Gasteiger partial charge < -0.3 is 0 Å². The average molecular weight is 372 g/mol. The van der Waals surface area contributed by atoms with Gasteiger partial charge in [-0.1, -0.05) is 129 Å². The van der Waals surface area contributed by atoms with Crippen molar-refractivity contribution in [3.8, 4) is 0 Å². The molecule has 0 bridgehead atoms. The lowest BCUT2D eigenvalue weighted by atomic mass is 10.0. The van der Waals surface area contributed by atoms with Crippen molar-refractivity contribution in [2.24, 2.45) is 0 Å². The van der Waals surface area contributed by atoms with E-state index >= 15 is 0 Å². The Morgan fingerprint density at radius 1 is 0.400 bits per heavy atom. The predicted molar refractivity (Wildman–Crippen MR) is 116 cm³/mol. The highest BCUT2D eigenvalue weighted by Crippen LogP contribution is 2.14. The summed E-state index contributed by atoms with van der Waals surface area (Å²) >= 11 is 0.742. The van der Waals surface area contributed by atoms with E-state index in [2.05, 4.69) is 6.92 Å². The highest BCUT2D eigenvalue weighted by Gasteiger charge is 1.98. The second-order valence-corrected chi connectivity index (χ2v) is 8.54. The SMILES string of the molecule is CCCCCCCCCCCCCCCCCCCCCCC[S+]=O. The zero-order valence-electron chi connectivity index (χ0n) is 17.4. The molecule has 0 amide bonds. The highest BCUT2D eigenvalue weighted by molar-refractivity contribution is 7.65. The third kappa shape index (κ3) is 24.0. The van der Waals surface area contributed by atoms with Crippen molar-refractivity contribution in [1.82, 2.24) is 0 Å². The molecule has 0 aromatic carbocycles. The number of hydrogen-bond acceptors (Lipinski definition) is 1. The molecular formula is C23H47OS+. The summed E-state index contributed by atoms with van der Waals surface area (Å²) in [6, 6.07) is 0. The molecule has 0 rings (SSSR count). The Balaban J connectivity index is 2.95. The van der Waals surface area contributed by atoms with Crippen LogP contribution in [0.4, 0.5) is 0 Å². The van der Waals surface area contributed by atoms with Gasteiger partial charge in [0, 0.05) is 10.6 Å². The first-order valence-corrected chi connectivity index (χ1v) is 12.6. The van der Waals surface area contributed by atoms with E-state index in [1.165, 1.54) is 128 Å². The van der Waals surface area contributed by atoms with Gasteiger partial charge in [-0.2, -0.15) is 0 Å².